The van der Waals surface area contributed by atoms with Gasteiger partial charge >= 0.3 is 5.97 Å². The standard InChI is InChI=1S/C24H40O5/c1-17-9-7-12-22(3,4)19(17)10-15-23(5,27)13-8-14-24(6)16-11-20(28-29-24)18(2)21(25)26/h8,13,18,20,27H,7,9-12,14-16H2,1-6H3,(H,25,26)/b13-8+/t18-,20+,23?,24-/m0/s1. The molecule has 1 aliphatic heterocycles. The van der Waals surface area contributed by atoms with Crippen molar-refractivity contribution in [2.24, 2.45) is 11.3 Å². The first kappa shape index (κ1) is 24.1. The lowest BCUT2D eigenvalue weighted by Crippen LogP contribution is -2.41. The van der Waals surface area contributed by atoms with Crippen LogP contribution in [0, 0.1) is 11.3 Å². The van der Waals surface area contributed by atoms with Crippen LogP contribution in [-0.2, 0) is 14.6 Å². The molecule has 0 radical (unpaired) electrons. The van der Waals surface area contributed by atoms with Crippen molar-refractivity contribution < 1.29 is 24.8 Å². The lowest BCUT2D eigenvalue weighted by Gasteiger charge is -2.37. The Hall–Kier alpha value is -1.17. The van der Waals surface area contributed by atoms with Crippen LogP contribution in [0.15, 0.2) is 23.3 Å². The Morgan fingerprint density at radius 3 is 2.59 bits per heavy atom. The molecule has 5 nitrogen and oxygen atoms in total. The molecule has 1 fully saturated rings. The Morgan fingerprint density at radius 1 is 1.34 bits per heavy atom. The number of carboxylic acids is 1. The van der Waals surface area contributed by atoms with Gasteiger partial charge < -0.3 is 10.2 Å². The first-order valence-electron chi connectivity index (χ1n) is 11.0. The van der Waals surface area contributed by atoms with E-state index in [1.807, 2.05) is 26.0 Å². The van der Waals surface area contributed by atoms with E-state index in [1.54, 1.807) is 6.92 Å². The van der Waals surface area contributed by atoms with Crippen LogP contribution >= 0.6 is 0 Å². The predicted molar refractivity (Wildman–Crippen MR) is 114 cm³/mol. The number of allylic oxidation sites excluding steroid dienone is 2. The fourth-order valence-corrected chi connectivity index (χ4v) is 4.59. The van der Waals surface area contributed by atoms with Gasteiger partial charge in [0.05, 0.1) is 11.5 Å². The van der Waals surface area contributed by atoms with Crippen LogP contribution in [0.4, 0.5) is 0 Å². The second kappa shape index (κ2) is 9.32. The van der Waals surface area contributed by atoms with Crippen molar-refractivity contribution in [2.45, 2.75) is 110 Å². The van der Waals surface area contributed by atoms with E-state index in [2.05, 4.69) is 20.8 Å². The van der Waals surface area contributed by atoms with Crippen molar-refractivity contribution in [3.05, 3.63) is 23.3 Å². The fourth-order valence-electron chi connectivity index (χ4n) is 4.59. The van der Waals surface area contributed by atoms with Gasteiger partial charge in [0.2, 0.25) is 0 Å². The molecule has 166 valence electrons. The third-order valence-corrected chi connectivity index (χ3v) is 6.87. The summed E-state index contributed by atoms with van der Waals surface area (Å²) in [5.74, 6) is -1.46. The van der Waals surface area contributed by atoms with Gasteiger partial charge in [-0.2, -0.15) is 0 Å². The minimum atomic E-state index is -0.871. The zero-order valence-electron chi connectivity index (χ0n) is 19.1. The molecule has 2 rings (SSSR count). The molecule has 0 spiro atoms. The summed E-state index contributed by atoms with van der Waals surface area (Å²) in [6.45, 7) is 12.3. The average molecular weight is 409 g/mol. The van der Waals surface area contributed by atoms with Gasteiger partial charge in [-0.25, -0.2) is 9.78 Å². The molecule has 4 atom stereocenters. The SMILES string of the molecule is CC1=C(CCC(C)(O)/C=C/C[C@@]2(C)CC[C@H]([C@H](C)C(=O)O)OO2)C(C)(C)CCC1. The van der Waals surface area contributed by atoms with Gasteiger partial charge in [0.25, 0.3) is 0 Å². The summed E-state index contributed by atoms with van der Waals surface area (Å²) < 4.78 is 0. The Kier molecular flexibility index (Phi) is 7.74. The number of carboxylic acid groups (broad SMARTS) is 1. The first-order chi connectivity index (χ1) is 13.4. The molecule has 1 heterocycles. The molecule has 1 unspecified atom stereocenters. The monoisotopic (exact) mass is 408 g/mol. The topological polar surface area (TPSA) is 76.0 Å². The Morgan fingerprint density at radius 2 is 2.03 bits per heavy atom. The maximum Gasteiger partial charge on any atom is 0.308 e. The number of rotatable bonds is 8. The van der Waals surface area contributed by atoms with Crippen molar-refractivity contribution in [1.82, 2.24) is 0 Å². The van der Waals surface area contributed by atoms with Gasteiger partial charge in [-0.15, -0.1) is 0 Å². The molecule has 5 heteroatoms. The molecule has 1 saturated heterocycles. The van der Waals surface area contributed by atoms with Crippen molar-refractivity contribution in [2.75, 3.05) is 0 Å². The van der Waals surface area contributed by atoms with Crippen LogP contribution in [-0.4, -0.2) is 33.5 Å². The van der Waals surface area contributed by atoms with Gasteiger partial charge in [0.1, 0.15) is 11.7 Å². The highest BCUT2D eigenvalue weighted by molar-refractivity contribution is 5.70. The highest BCUT2D eigenvalue weighted by Gasteiger charge is 2.37. The normalized spacial score (nSPS) is 30.9. The molecule has 0 saturated carbocycles. The number of aliphatic hydroxyl groups is 1. The summed E-state index contributed by atoms with van der Waals surface area (Å²) >= 11 is 0. The van der Waals surface area contributed by atoms with Crippen LogP contribution in [0.1, 0.15) is 92.9 Å². The van der Waals surface area contributed by atoms with E-state index >= 15 is 0 Å². The van der Waals surface area contributed by atoms with E-state index in [9.17, 15) is 9.90 Å². The van der Waals surface area contributed by atoms with Gasteiger partial charge in [0.15, 0.2) is 0 Å². The molecule has 1 aliphatic carbocycles. The molecule has 0 amide bonds. The van der Waals surface area contributed by atoms with Gasteiger partial charge in [-0.3, -0.25) is 4.79 Å². The number of hydrogen-bond donors (Lipinski definition) is 2. The number of aliphatic carboxylic acids is 1. The lowest BCUT2D eigenvalue weighted by molar-refractivity contribution is -0.409. The van der Waals surface area contributed by atoms with Crippen LogP contribution in [0.2, 0.25) is 0 Å². The van der Waals surface area contributed by atoms with E-state index < -0.39 is 29.2 Å². The average Bonchev–Trinajstić information content (AvgIpc) is 2.60. The lowest BCUT2D eigenvalue weighted by atomic mass is 9.70. The molecule has 0 aromatic carbocycles. The minimum Gasteiger partial charge on any atom is -0.481 e. The molecular formula is C24H40O5. The van der Waals surface area contributed by atoms with E-state index in [4.69, 9.17) is 14.9 Å². The van der Waals surface area contributed by atoms with Crippen molar-refractivity contribution in [1.29, 1.82) is 0 Å². The fraction of sp³-hybridized carbons (Fsp3) is 0.792. The van der Waals surface area contributed by atoms with Crippen molar-refractivity contribution in [3.63, 3.8) is 0 Å². The Labute approximate surface area is 176 Å². The van der Waals surface area contributed by atoms with Gasteiger partial charge in [-0.1, -0.05) is 37.1 Å². The van der Waals surface area contributed by atoms with Gasteiger partial charge in [0, 0.05) is 0 Å². The highest BCUT2D eigenvalue weighted by Crippen LogP contribution is 2.43. The molecule has 2 aliphatic rings. The maximum atomic E-state index is 11.1. The molecular weight excluding hydrogens is 368 g/mol. The van der Waals surface area contributed by atoms with E-state index in [0.717, 1.165) is 12.8 Å². The molecule has 0 aromatic rings. The van der Waals surface area contributed by atoms with Crippen molar-refractivity contribution >= 4 is 5.97 Å². The van der Waals surface area contributed by atoms with Crippen molar-refractivity contribution in [3.8, 4) is 0 Å². The zero-order valence-corrected chi connectivity index (χ0v) is 19.1. The second-order valence-electron chi connectivity index (χ2n) is 10.3. The molecule has 29 heavy (non-hydrogen) atoms. The Balaban J connectivity index is 1.86. The molecule has 0 bridgehead atoms. The first-order valence-corrected chi connectivity index (χ1v) is 11.0. The third kappa shape index (κ3) is 6.66. The highest BCUT2D eigenvalue weighted by atomic mass is 17.2. The minimum absolute atomic E-state index is 0.229. The summed E-state index contributed by atoms with van der Waals surface area (Å²) in [5, 5.41) is 20.0. The van der Waals surface area contributed by atoms with Gasteiger partial charge in [-0.05, 0) is 84.5 Å². The van der Waals surface area contributed by atoms with Crippen LogP contribution < -0.4 is 0 Å². The number of hydrogen-bond acceptors (Lipinski definition) is 4. The second-order valence-corrected chi connectivity index (χ2v) is 10.3. The van der Waals surface area contributed by atoms with E-state index in [0.29, 0.717) is 19.3 Å². The number of carbonyl (C=O) groups is 1. The maximum absolute atomic E-state index is 11.1. The Bertz CT molecular complexity index is 636. The predicted octanol–water partition coefficient (Wildman–Crippen LogP) is 5.58. The van der Waals surface area contributed by atoms with Crippen LogP contribution in [0.25, 0.3) is 0 Å². The van der Waals surface area contributed by atoms with E-state index in [-0.39, 0.29) is 5.41 Å². The summed E-state index contributed by atoms with van der Waals surface area (Å²) in [6, 6.07) is 0. The smallest absolute Gasteiger partial charge is 0.308 e. The van der Waals surface area contributed by atoms with E-state index in [1.165, 1.54) is 30.4 Å². The molecule has 0 aromatic heterocycles. The summed E-state index contributed by atoms with van der Waals surface area (Å²) in [6.07, 6.45) is 10.7. The summed E-state index contributed by atoms with van der Waals surface area (Å²) in [5.41, 5.74) is 1.86. The third-order valence-electron chi connectivity index (χ3n) is 6.87. The summed E-state index contributed by atoms with van der Waals surface area (Å²) in [4.78, 5) is 22.0. The molecule has 2 N–H and O–H groups in total. The zero-order chi connectivity index (χ0) is 21.9. The quantitative estimate of drug-likeness (QED) is 0.405. The summed E-state index contributed by atoms with van der Waals surface area (Å²) in [7, 11) is 0. The van der Waals surface area contributed by atoms with Crippen LogP contribution in [0.5, 0.6) is 0 Å². The largest absolute Gasteiger partial charge is 0.481 e. The van der Waals surface area contributed by atoms with Crippen LogP contribution in [0.3, 0.4) is 0 Å².